The highest BCUT2D eigenvalue weighted by molar-refractivity contribution is 5.67. The Hall–Kier alpha value is -1.03. The number of hydrogen-bond donors (Lipinski definition) is 1. The number of nitrogens with zero attached hydrogens (tertiary/aromatic N) is 1. The molecule has 13 heavy (non-hydrogen) atoms. The van der Waals surface area contributed by atoms with Crippen LogP contribution in [0.5, 0.6) is 0 Å². The molecule has 0 unspecified atom stereocenters. The first-order valence-electron chi connectivity index (χ1n) is 4.52. The van der Waals surface area contributed by atoms with Crippen molar-refractivity contribution in [3.05, 3.63) is 12.7 Å². The average Bonchev–Trinajstić information content (AvgIpc) is 2.14. The number of piperidine rings is 1. The first-order valence-corrected chi connectivity index (χ1v) is 4.52. The first-order chi connectivity index (χ1) is 6.24. The van der Waals surface area contributed by atoms with Gasteiger partial charge >= 0.3 is 6.09 Å². The second-order valence-electron chi connectivity index (χ2n) is 3.21. The van der Waals surface area contributed by atoms with Gasteiger partial charge in [0.1, 0.15) is 6.61 Å². The van der Waals surface area contributed by atoms with Gasteiger partial charge in [-0.2, -0.15) is 0 Å². The van der Waals surface area contributed by atoms with Crippen molar-refractivity contribution < 1.29 is 9.53 Å². The Bertz CT molecular complexity index is 194. The van der Waals surface area contributed by atoms with Crippen molar-refractivity contribution in [2.45, 2.75) is 18.9 Å². The Kier molecular flexibility index (Phi) is 3.76. The molecule has 0 aliphatic carbocycles. The van der Waals surface area contributed by atoms with Crippen molar-refractivity contribution in [3.8, 4) is 0 Å². The molecule has 0 aromatic heterocycles. The van der Waals surface area contributed by atoms with Gasteiger partial charge in [-0.05, 0) is 12.8 Å². The van der Waals surface area contributed by atoms with Crippen molar-refractivity contribution >= 4 is 6.09 Å². The van der Waals surface area contributed by atoms with Gasteiger partial charge in [-0.1, -0.05) is 12.7 Å². The van der Waals surface area contributed by atoms with Gasteiger partial charge in [-0.25, -0.2) is 4.79 Å². The van der Waals surface area contributed by atoms with E-state index >= 15 is 0 Å². The third-order valence-corrected chi connectivity index (χ3v) is 2.04. The second-order valence-corrected chi connectivity index (χ2v) is 3.21. The number of amides is 1. The number of likely N-dealkylation sites (tertiary alicyclic amines) is 1. The molecule has 1 aliphatic heterocycles. The Balaban J connectivity index is 2.32. The van der Waals surface area contributed by atoms with Gasteiger partial charge in [0.05, 0.1) is 0 Å². The number of nitrogens with two attached hydrogens (primary N) is 1. The molecule has 4 heteroatoms. The summed E-state index contributed by atoms with van der Waals surface area (Å²) in [5.41, 5.74) is 5.72. The highest BCUT2D eigenvalue weighted by Gasteiger charge is 2.21. The molecule has 1 heterocycles. The molecule has 2 N–H and O–H groups in total. The van der Waals surface area contributed by atoms with E-state index in [0.717, 1.165) is 19.4 Å². The third-order valence-electron chi connectivity index (χ3n) is 2.04. The van der Waals surface area contributed by atoms with Crippen molar-refractivity contribution in [3.63, 3.8) is 0 Å². The zero-order valence-corrected chi connectivity index (χ0v) is 7.74. The number of carbonyl (C=O) groups is 1. The maximum atomic E-state index is 11.3. The summed E-state index contributed by atoms with van der Waals surface area (Å²) < 4.78 is 4.89. The van der Waals surface area contributed by atoms with E-state index in [1.165, 1.54) is 0 Å². The zero-order chi connectivity index (χ0) is 9.68. The lowest BCUT2D eigenvalue weighted by atomic mass is 10.1. The molecule has 0 aromatic rings. The molecular weight excluding hydrogens is 168 g/mol. The van der Waals surface area contributed by atoms with Crippen LogP contribution in [0.4, 0.5) is 4.79 Å². The molecule has 1 rings (SSSR count). The van der Waals surface area contributed by atoms with Crippen LogP contribution in [0.25, 0.3) is 0 Å². The van der Waals surface area contributed by atoms with Crippen molar-refractivity contribution in [1.29, 1.82) is 0 Å². The van der Waals surface area contributed by atoms with Crippen LogP contribution in [0.2, 0.25) is 0 Å². The predicted molar refractivity (Wildman–Crippen MR) is 50.3 cm³/mol. The van der Waals surface area contributed by atoms with E-state index in [4.69, 9.17) is 10.5 Å². The molecule has 0 radical (unpaired) electrons. The quantitative estimate of drug-likeness (QED) is 0.644. The third kappa shape index (κ3) is 3.06. The minimum Gasteiger partial charge on any atom is -0.445 e. The number of carbonyl (C=O) groups excluding carboxylic acids is 1. The van der Waals surface area contributed by atoms with E-state index in [2.05, 4.69) is 6.58 Å². The smallest absolute Gasteiger partial charge is 0.410 e. The van der Waals surface area contributed by atoms with Gasteiger partial charge in [0.15, 0.2) is 0 Å². The van der Waals surface area contributed by atoms with E-state index in [0.29, 0.717) is 6.54 Å². The van der Waals surface area contributed by atoms with Crippen LogP contribution in [-0.2, 0) is 4.74 Å². The Labute approximate surface area is 78.3 Å². The van der Waals surface area contributed by atoms with Gasteiger partial charge in [-0.15, -0.1) is 0 Å². The minimum absolute atomic E-state index is 0.102. The van der Waals surface area contributed by atoms with Crippen LogP contribution in [-0.4, -0.2) is 36.7 Å². The molecule has 0 spiro atoms. The van der Waals surface area contributed by atoms with E-state index in [9.17, 15) is 4.79 Å². The molecule has 1 fully saturated rings. The maximum absolute atomic E-state index is 11.3. The topological polar surface area (TPSA) is 55.6 Å². The van der Waals surface area contributed by atoms with Crippen LogP contribution in [0, 0.1) is 0 Å². The zero-order valence-electron chi connectivity index (χ0n) is 7.74. The van der Waals surface area contributed by atoms with Crippen molar-refractivity contribution in [1.82, 2.24) is 4.90 Å². The molecule has 0 aromatic carbocycles. The van der Waals surface area contributed by atoms with Gasteiger partial charge in [-0.3, -0.25) is 0 Å². The van der Waals surface area contributed by atoms with E-state index < -0.39 is 0 Å². The fraction of sp³-hybridized carbons (Fsp3) is 0.667. The summed E-state index contributed by atoms with van der Waals surface area (Å²) in [5, 5.41) is 0. The lowest BCUT2D eigenvalue weighted by Gasteiger charge is -2.29. The number of rotatable bonds is 2. The summed E-state index contributed by atoms with van der Waals surface area (Å²) in [6, 6.07) is 0.102. The van der Waals surface area contributed by atoms with E-state index in [1.54, 1.807) is 11.0 Å². The molecule has 1 atom stereocenters. The normalized spacial score (nSPS) is 22.5. The molecule has 0 saturated carbocycles. The molecule has 1 aliphatic rings. The van der Waals surface area contributed by atoms with Gasteiger partial charge < -0.3 is 15.4 Å². The average molecular weight is 184 g/mol. The molecule has 1 amide bonds. The van der Waals surface area contributed by atoms with Crippen LogP contribution in [0.15, 0.2) is 12.7 Å². The summed E-state index contributed by atoms with van der Waals surface area (Å²) in [7, 11) is 0. The summed E-state index contributed by atoms with van der Waals surface area (Å²) in [5.74, 6) is 0. The lowest BCUT2D eigenvalue weighted by molar-refractivity contribution is 0.101. The predicted octanol–water partition coefficient (Wildman–Crippen LogP) is 0.732. The standard InChI is InChI=1S/C9H16N2O2/c1-2-6-13-9(12)11-5-3-4-8(10)7-11/h2,8H,1,3-7,10H2/t8-/m0/s1. The molecular formula is C9H16N2O2. The minimum atomic E-state index is -0.282. The molecule has 0 bridgehead atoms. The summed E-state index contributed by atoms with van der Waals surface area (Å²) in [4.78, 5) is 13.0. The fourth-order valence-electron chi connectivity index (χ4n) is 1.40. The van der Waals surface area contributed by atoms with Gasteiger partial charge in [0.2, 0.25) is 0 Å². The molecule has 1 saturated heterocycles. The lowest BCUT2D eigenvalue weighted by Crippen LogP contribution is -2.45. The highest BCUT2D eigenvalue weighted by atomic mass is 16.6. The van der Waals surface area contributed by atoms with Crippen LogP contribution < -0.4 is 5.73 Å². The largest absolute Gasteiger partial charge is 0.445 e. The van der Waals surface area contributed by atoms with E-state index in [-0.39, 0.29) is 18.7 Å². The Morgan fingerprint density at radius 3 is 3.15 bits per heavy atom. The number of ether oxygens (including phenoxy) is 1. The SMILES string of the molecule is C=CCOC(=O)N1CCC[C@H](N)C1. The fourth-order valence-corrected chi connectivity index (χ4v) is 1.40. The van der Waals surface area contributed by atoms with Crippen molar-refractivity contribution in [2.24, 2.45) is 5.73 Å². The molecule has 4 nitrogen and oxygen atoms in total. The summed E-state index contributed by atoms with van der Waals surface area (Å²) in [6.45, 7) is 5.10. The van der Waals surface area contributed by atoms with Crippen LogP contribution >= 0.6 is 0 Å². The summed E-state index contributed by atoms with van der Waals surface area (Å²) in [6.07, 6.45) is 3.23. The highest BCUT2D eigenvalue weighted by Crippen LogP contribution is 2.09. The maximum Gasteiger partial charge on any atom is 0.410 e. The number of hydrogen-bond acceptors (Lipinski definition) is 3. The Morgan fingerprint density at radius 1 is 1.77 bits per heavy atom. The summed E-state index contributed by atoms with van der Waals surface area (Å²) >= 11 is 0. The van der Waals surface area contributed by atoms with Crippen LogP contribution in [0.3, 0.4) is 0 Å². The van der Waals surface area contributed by atoms with Gasteiger partial charge in [0.25, 0.3) is 0 Å². The second kappa shape index (κ2) is 4.87. The molecule has 74 valence electrons. The van der Waals surface area contributed by atoms with Crippen LogP contribution in [0.1, 0.15) is 12.8 Å². The Morgan fingerprint density at radius 2 is 2.54 bits per heavy atom. The van der Waals surface area contributed by atoms with E-state index in [1.807, 2.05) is 0 Å². The first kappa shape index (κ1) is 10.1. The van der Waals surface area contributed by atoms with Gasteiger partial charge in [0, 0.05) is 19.1 Å². The monoisotopic (exact) mass is 184 g/mol. The van der Waals surface area contributed by atoms with Crippen molar-refractivity contribution in [2.75, 3.05) is 19.7 Å².